The second kappa shape index (κ2) is 6.87. The molecule has 0 radical (unpaired) electrons. The molecule has 0 aliphatic carbocycles. The molecule has 1 N–H and O–H groups in total. The Morgan fingerprint density at radius 2 is 1.75 bits per heavy atom. The molecule has 1 atom stereocenters. The maximum absolute atomic E-state index is 13.4. The molecule has 0 amide bonds. The summed E-state index contributed by atoms with van der Waals surface area (Å²) in [5.41, 5.74) is 3.46. The highest BCUT2D eigenvalue weighted by Gasteiger charge is 2.08. The van der Waals surface area contributed by atoms with Crippen molar-refractivity contribution < 1.29 is 4.39 Å². The first-order chi connectivity index (χ1) is 9.60. The molecule has 0 heterocycles. The summed E-state index contributed by atoms with van der Waals surface area (Å²) in [7, 11) is 0. The fraction of sp³-hybridized carbons (Fsp3) is 0.294. The van der Waals surface area contributed by atoms with E-state index in [2.05, 4.69) is 36.5 Å². The standard InChI is InChI=1S/C17H19ClFN/c1-3-13-4-6-14(7-5-13)11-20-12(2)15-8-9-16(18)17(19)10-15/h4-10,12,20H,3,11H2,1-2H3. The molecular weight excluding hydrogens is 273 g/mol. The predicted octanol–water partition coefficient (Wildman–Crippen LogP) is 4.89. The van der Waals surface area contributed by atoms with Gasteiger partial charge in [0.15, 0.2) is 0 Å². The van der Waals surface area contributed by atoms with Crippen molar-refractivity contribution in [1.82, 2.24) is 5.32 Å². The molecule has 2 rings (SSSR count). The molecular formula is C17H19ClFN. The summed E-state index contributed by atoms with van der Waals surface area (Å²) < 4.78 is 13.4. The van der Waals surface area contributed by atoms with Gasteiger partial charge in [-0.15, -0.1) is 0 Å². The lowest BCUT2D eigenvalue weighted by Gasteiger charge is -2.15. The van der Waals surface area contributed by atoms with Gasteiger partial charge < -0.3 is 5.32 Å². The third kappa shape index (κ3) is 3.81. The first-order valence-electron chi connectivity index (χ1n) is 6.86. The predicted molar refractivity (Wildman–Crippen MR) is 82.5 cm³/mol. The second-order valence-corrected chi connectivity index (χ2v) is 5.35. The molecule has 106 valence electrons. The van der Waals surface area contributed by atoms with Crippen LogP contribution in [0.2, 0.25) is 5.02 Å². The van der Waals surface area contributed by atoms with E-state index in [-0.39, 0.29) is 16.9 Å². The Bertz CT molecular complexity index is 566. The van der Waals surface area contributed by atoms with Crippen molar-refractivity contribution in [3.8, 4) is 0 Å². The average Bonchev–Trinajstić information content (AvgIpc) is 2.48. The molecule has 0 aliphatic rings. The zero-order valence-corrected chi connectivity index (χ0v) is 12.5. The Labute approximate surface area is 124 Å². The maximum Gasteiger partial charge on any atom is 0.142 e. The van der Waals surface area contributed by atoms with E-state index < -0.39 is 0 Å². The minimum absolute atomic E-state index is 0.0765. The molecule has 0 fully saturated rings. The van der Waals surface area contributed by atoms with Gasteiger partial charge in [0.05, 0.1) is 5.02 Å². The number of hydrogen-bond acceptors (Lipinski definition) is 1. The van der Waals surface area contributed by atoms with Crippen LogP contribution in [0.25, 0.3) is 0 Å². The summed E-state index contributed by atoms with van der Waals surface area (Å²) in [5.74, 6) is -0.370. The minimum Gasteiger partial charge on any atom is -0.306 e. The van der Waals surface area contributed by atoms with Crippen LogP contribution in [-0.2, 0) is 13.0 Å². The normalized spacial score (nSPS) is 12.4. The van der Waals surface area contributed by atoms with Crippen LogP contribution in [0.4, 0.5) is 4.39 Å². The second-order valence-electron chi connectivity index (χ2n) is 4.95. The van der Waals surface area contributed by atoms with Crippen LogP contribution in [-0.4, -0.2) is 0 Å². The lowest BCUT2D eigenvalue weighted by Crippen LogP contribution is -2.18. The largest absolute Gasteiger partial charge is 0.306 e. The summed E-state index contributed by atoms with van der Waals surface area (Å²) in [6, 6.07) is 13.5. The van der Waals surface area contributed by atoms with Gasteiger partial charge >= 0.3 is 0 Å². The summed E-state index contributed by atoms with van der Waals surface area (Å²) in [6.07, 6.45) is 1.05. The molecule has 3 heteroatoms. The highest BCUT2D eigenvalue weighted by molar-refractivity contribution is 6.30. The van der Waals surface area contributed by atoms with E-state index in [9.17, 15) is 4.39 Å². The van der Waals surface area contributed by atoms with Gasteiger partial charge in [-0.25, -0.2) is 4.39 Å². The van der Waals surface area contributed by atoms with Crippen molar-refractivity contribution in [3.05, 3.63) is 70.0 Å². The molecule has 0 saturated heterocycles. The van der Waals surface area contributed by atoms with E-state index in [4.69, 9.17) is 11.6 Å². The summed E-state index contributed by atoms with van der Waals surface area (Å²) in [5, 5.41) is 3.55. The molecule has 20 heavy (non-hydrogen) atoms. The number of benzene rings is 2. The van der Waals surface area contributed by atoms with Crippen LogP contribution < -0.4 is 5.32 Å². The lowest BCUT2D eigenvalue weighted by atomic mass is 10.1. The third-order valence-corrected chi connectivity index (χ3v) is 3.79. The van der Waals surface area contributed by atoms with Gasteiger partial charge in [-0.05, 0) is 42.2 Å². The quantitative estimate of drug-likeness (QED) is 0.827. The molecule has 1 unspecified atom stereocenters. The first kappa shape index (κ1) is 15.0. The summed E-state index contributed by atoms with van der Waals surface area (Å²) in [6.45, 7) is 4.92. The van der Waals surface area contributed by atoms with Crippen LogP contribution >= 0.6 is 11.6 Å². The van der Waals surface area contributed by atoms with Crippen LogP contribution in [0, 0.1) is 5.82 Å². The van der Waals surface area contributed by atoms with Gasteiger partial charge in [0.2, 0.25) is 0 Å². The number of hydrogen-bond donors (Lipinski definition) is 1. The first-order valence-corrected chi connectivity index (χ1v) is 7.24. The Kier molecular flexibility index (Phi) is 5.16. The summed E-state index contributed by atoms with van der Waals surface area (Å²) in [4.78, 5) is 0. The average molecular weight is 292 g/mol. The highest BCUT2D eigenvalue weighted by Crippen LogP contribution is 2.20. The molecule has 0 saturated carbocycles. The molecule has 0 aromatic heterocycles. The molecule has 2 aromatic rings. The van der Waals surface area contributed by atoms with E-state index in [1.807, 2.05) is 13.0 Å². The number of nitrogens with one attached hydrogen (secondary N) is 1. The van der Waals surface area contributed by atoms with Gasteiger partial charge in [0.1, 0.15) is 5.82 Å². The van der Waals surface area contributed by atoms with Crippen LogP contribution in [0.15, 0.2) is 42.5 Å². The number of halogens is 2. The van der Waals surface area contributed by atoms with Gasteiger partial charge in [-0.1, -0.05) is 48.9 Å². The fourth-order valence-corrected chi connectivity index (χ4v) is 2.18. The lowest BCUT2D eigenvalue weighted by molar-refractivity contribution is 0.565. The third-order valence-electron chi connectivity index (χ3n) is 3.49. The maximum atomic E-state index is 13.4. The number of rotatable bonds is 5. The van der Waals surface area contributed by atoms with Crippen molar-refractivity contribution in [2.24, 2.45) is 0 Å². The molecule has 1 nitrogen and oxygen atoms in total. The van der Waals surface area contributed by atoms with Crippen LogP contribution in [0.5, 0.6) is 0 Å². The zero-order chi connectivity index (χ0) is 14.5. The zero-order valence-electron chi connectivity index (χ0n) is 11.8. The Balaban J connectivity index is 1.96. The smallest absolute Gasteiger partial charge is 0.142 e. The molecule has 0 bridgehead atoms. The Morgan fingerprint density at radius 3 is 2.35 bits per heavy atom. The minimum atomic E-state index is -0.370. The van der Waals surface area contributed by atoms with E-state index in [0.717, 1.165) is 18.5 Å². The van der Waals surface area contributed by atoms with E-state index in [1.54, 1.807) is 6.07 Å². The number of aryl methyl sites for hydroxylation is 1. The molecule has 0 aliphatic heterocycles. The topological polar surface area (TPSA) is 12.0 Å². The Morgan fingerprint density at radius 1 is 1.10 bits per heavy atom. The fourth-order valence-electron chi connectivity index (χ4n) is 2.06. The van der Waals surface area contributed by atoms with Crippen molar-refractivity contribution in [2.75, 3.05) is 0 Å². The van der Waals surface area contributed by atoms with Crippen molar-refractivity contribution in [1.29, 1.82) is 0 Å². The van der Waals surface area contributed by atoms with Gasteiger partial charge in [-0.2, -0.15) is 0 Å². The van der Waals surface area contributed by atoms with Crippen molar-refractivity contribution in [2.45, 2.75) is 32.9 Å². The van der Waals surface area contributed by atoms with Gasteiger partial charge in [0.25, 0.3) is 0 Å². The van der Waals surface area contributed by atoms with E-state index in [0.29, 0.717) is 0 Å². The van der Waals surface area contributed by atoms with E-state index >= 15 is 0 Å². The van der Waals surface area contributed by atoms with E-state index in [1.165, 1.54) is 17.2 Å². The molecule has 2 aromatic carbocycles. The Hall–Kier alpha value is -1.38. The van der Waals surface area contributed by atoms with Gasteiger partial charge in [0, 0.05) is 12.6 Å². The van der Waals surface area contributed by atoms with Crippen molar-refractivity contribution in [3.63, 3.8) is 0 Å². The monoisotopic (exact) mass is 291 g/mol. The SMILES string of the molecule is CCc1ccc(CNC(C)c2ccc(Cl)c(F)c2)cc1. The van der Waals surface area contributed by atoms with Gasteiger partial charge in [-0.3, -0.25) is 0 Å². The molecule has 0 spiro atoms. The van der Waals surface area contributed by atoms with Crippen molar-refractivity contribution >= 4 is 11.6 Å². The van der Waals surface area contributed by atoms with Crippen LogP contribution in [0.1, 0.15) is 36.6 Å². The summed E-state index contributed by atoms with van der Waals surface area (Å²) >= 11 is 5.69. The van der Waals surface area contributed by atoms with Crippen LogP contribution in [0.3, 0.4) is 0 Å². The highest BCUT2D eigenvalue weighted by atomic mass is 35.5.